The third-order valence-electron chi connectivity index (χ3n) is 5.44. The van der Waals surface area contributed by atoms with Crippen LogP contribution < -0.4 is 27.0 Å². The first-order chi connectivity index (χ1) is 17.5. The van der Waals surface area contributed by atoms with Gasteiger partial charge < -0.3 is 37.1 Å². The van der Waals surface area contributed by atoms with Crippen molar-refractivity contribution < 1.29 is 29.1 Å². The smallest absolute Gasteiger partial charge is 0.245 e. The van der Waals surface area contributed by atoms with Crippen LogP contribution in [0.25, 0.3) is 0 Å². The van der Waals surface area contributed by atoms with Gasteiger partial charge in [-0.05, 0) is 19.4 Å². The molecule has 200 valence electrons. The van der Waals surface area contributed by atoms with Crippen molar-refractivity contribution in [1.29, 1.82) is 0 Å². The number of H-pyrrole nitrogens is 1. The SMILES string of the molecule is CC(=O)N[C@@H](Cc1ccccc1)C(=O)N[C@@H](Cc1cnc[nH]1)C(=O)N[C@H](C(=O)N[C@@H](C)C(N)=O)[C@@H](C)O. The minimum atomic E-state index is -1.44. The maximum atomic E-state index is 13.2. The van der Waals surface area contributed by atoms with Crippen LogP contribution in [0.4, 0.5) is 0 Å². The Labute approximate surface area is 214 Å². The average Bonchev–Trinajstić information content (AvgIpc) is 3.34. The summed E-state index contributed by atoms with van der Waals surface area (Å²) in [6.45, 7) is 3.92. The molecule has 0 aliphatic carbocycles. The van der Waals surface area contributed by atoms with Crippen molar-refractivity contribution in [3.63, 3.8) is 0 Å². The van der Waals surface area contributed by atoms with Crippen LogP contribution >= 0.6 is 0 Å². The van der Waals surface area contributed by atoms with Gasteiger partial charge in [-0.1, -0.05) is 30.3 Å². The highest BCUT2D eigenvalue weighted by molar-refractivity contribution is 5.95. The van der Waals surface area contributed by atoms with E-state index in [2.05, 4.69) is 31.2 Å². The Morgan fingerprint density at radius 2 is 1.54 bits per heavy atom. The predicted molar refractivity (Wildman–Crippen MR) is 132 cm³/mol. The number of hydrogen-bond donors (Lipinski definition) is 7. The van der Waals surface area contributed by atoms with E-state index in [9.17, 15) is 29.1 Å². The lowest BCUT2D eigenvalue weighted by Crippen LogP contribution is -2.60. The van der Waals surface area contributed by atoms with Crippen LogP contribution in [0.2, 0.25) is 0 Å². The highest BCUT2D eigenvalue weighted by Gasteiger charge is 2.32. The number of hydrogen-bond acceptors (Lipinski definition) is 7. The second-order valence-electron chi connectivity index (χ2n) is 8.64. The lowest BCUT2D eigenvalue weighted by molar-refractivity contribution is -0.135. The van der Waals surface area contributed by atoms with Gasteiger partial charge >= 0.3 is 0 Å². The van der Waals surface area contributed by atoms with Crippen molar-refractivity contribution in [1.82, 2.24) is 31.2 Å². The molecule has 0 bridgehead atoms. The van der Waals surface area contributed by atoms with E-state index >= 15 is 0 Å². The minimum Gasteiger partial charge on any atom is -0.391 e. The van der Waals surface area contributed by atoms with Crippen molar-refractivity contribution in [2.75, 3.05) is 0 Å². The van der Waals surface area contributed by atoms with Gasteiger partial charge in [-0.15, -0.1) is 0 Å². The first kappa shape index (κ1) is 29.0. The molecular weight excluding hydrogens is 482 g/mol. The van der Waals surface area contributed by atoms with E-state index in [0.717, 1.165) is 5.56 Å². The molecular formula is C24H33N7O6. The van der Waals surface area contributed by atoms with Crippen LogP contribution in [0.5, 0.6) is 0 Å². The molecule has 2 aromatic rings. The fourth-order valence-corrected chi connectivity index (χ4v) is 3.44. The molecule has 0 saturated heterocycles. The molecule has 1 heterocycles. The first-order valence-corrected chi connectivity index (χ1v) is 11.6. The van der Waals surface area contributed by atoms with Gasteiger partial charge in [0.1, 0.15) is 24.2 Å². The third-order valence-corrected chi connectivity index (χ3v) is 5.44. The number of nitrogens with two attached hydrogens (primary N) is 1. The molecule has 8 N–H and O–H groups in total. The Balaban J connectivity index is 2.23. The number of carbonyl (C=O) groups excluding carboxylic acids is 5. The van der Waals surface area contributed by atoms with Crippen LogP contribution in [0.3, 0.4) is 0 Å². The number of nitrogens with zero attached hydrogens (tertiary/aromatic N) is 1. The summed E-state index contributed by atoms with van der Waals surface area (Å²) in [5.74, 6) is -3.46. The van der Waals surface area contributed by atoms with Crippen LogP contribution in [-0.4, -0.2) is 74.9 Å². The Bertz CT molecular complexity index is 1070. The van der Waals surface area contributed by atoms with E-state index in [1.807, 2.05) is 6.07 Å². The maximum absolute atomic E-state index is 13.2. The number of aromatic amines is 1. The summed E-state index contributed by atoms with van der Waals surface area (Å²) < 4.78 is 0. The van der Waals surface area contributed by atoms with E-state index in [1.54, 1.807) is 24.3 Å². The summed E-state index contributed by atoms with van der Waals surface area (Å²) >= 11 is 0. The predicted octanol–water partition coefficient (Wildman–Crippen LogP) is -1.96. The topological polar surface area (TPSA) is 208 Å². The molecule has 1 aromatic heterocycles. The van der Waals surface area contributed by atoms with Gasteiger partial charge in [0.2, 0.25) is 29.5 Å². The Hall–Kier alpha value is -4.26. The highest BCUT2D eigenvalue weighted by atomic mass is 16.3. The summed E-state index contributed by atoms with van der Waals surface area (Å²) in [6, 6.07) is 4.35. The number of primary amides is 1. The quantitative estimate of drug-likeness (QED) is 0.160. The van der Waals surface area contributed by atoms with Gasteiger partial charge in [-0.25, -0.2) is 4.98 Å². The van der Waals surface area contributed by atoms with Crippen molar-refractivity contribution in [2.45, 2.75) is 63.9 Å². The number of benzene rings is 1. The van der Waals surface area contributed by atoms with Crippen molar-refractivity contribution in [3.05, 3.63) is 54.1 Å². The van der Waals surface area contributed by atoms with Gasteiger partial charge in [0.05, 0.1) is 12.4 Å². The van der Waals surface area contributed by atoms with Gasteiger partial charge in [0.15, 0.2) is 0 Å². The summed E-state index contributed by atoms with van der Waals surface area (Å²) in [4.78, 5) is 68.8. The average molecular weight is 516 g/mol. The van der Waals surface area contributed by atoms with Gasteiger partial charge in [0.25, 0.3) is 0 Å². The fourth-order valence-electron chi connectivity index (χ4n) is 3.44. The Morgan fingerprint density at radius 1 is 0.919 bits per heavy atom. The monoisotopic (exact) mass is 515 g/mol. The Morgan fingerprint density at radius 3 is 2.08 bits per heavy atom. The molecule has 0 saturated carbocycles. The van der Waals surface area contributed by atoms with Gasteiger partial charge in [-0.2, -0.15) is 0 Å². The molecule has 0 aliphatic rings. The summed E-state index contributed by atoms with van der Waals surface area (Å²) in [5.41, 5.74) is 6.47. The number of rotatable bonds is 13. The van der Waals surface area contributed by atoms with E-state index in [1.165, 1.54) is 33.3 Å². The number of amides is 5. The van der Waals surface area contributed by atoms with Gasteiger partial charge in [-0.3, -0.25) is 24.0 Å². The number of imidazole rings is 1. The summed E-state index contributed by atoms with van der Waals surface area (Å²) in [6.07, 6.45) is 1.68. The van der Waals surface area contributed by atoms with Crippen molar-refractivity contribution >= 4 is 29.5 Å². The van der Waals surface area contributed by atoms with Crippen molar-refractivity contribution in [3.8, 4) is 0 Å². The van der Waals surface area contributed by atoms with E-state index < -0.39 is 59.8 Å². The van der Waals surface area contributed by atoms with E-state index in [0.29, 0.717) is 5.69 Å². The zero-order chi connectivity index (χ0) is 27.5. The maximum Gasteiger partial charge on any atom is 0.245 e. The largest absolute Gasteiger partial charge is 0.391 e. The zero-order valence-corrected chi connectivity index (χ0v) is 20.9. The highest BCUT2D eigenvalue weighted by Crippen LogP contribution is 2.06. The molecule has 0 radical (unpaired) electrons. The van der Waals surface area contributed by atoms with E-state index in [-0.39, 0.29) is 12.8 Å². The number of aromatic nitrogens is 2. The number of carbonyl (C=O) groups is 5. The second-order valence-corrected chi connectivity index (χ2v) is 8.64. The first-order valence-electron chi connectivity index (χ1n) is 11.6. The molecule has 1 aromatic carbocycles. The molecule has 13 heteroatoms. The van der Waals surface area contributed by atoms with Crippen molar-refractivity contribution in [2.24, 2.45) is 5.73 Å². The molecule has 13 nitrogen and oxygen atoms in total. The standard InChI is InChI=1S/C24H33N7O6/c1-13(21(25)34)28-24(37)20(14(2)32)31-23(36)19(10-17-11-26-12-27-17)30-22(35)18(29-15(3)33)9-16-7-5-4-6-8-16/h4-8,11-14,18-20,32H,9-10H2,1-3H3,(H2,25,34)(H,26,27)(H,28,37)(H,29,33)(H,30,35)(H,31,36)/t13-,14+,18-,19-,20-/m0/s1. The van der Waals surface area contributed by atoms with Crippen LogP contribution in [0.15, 0.2) is 42.9 Å². The minimum absolute atomic E-state index is 0.0263. The molecule has 0 fully saturated rings. The summed E-state index contributed by atoms with van der Waals surface area (Å²) in [7, 11) is 0. The third kappa shape index (κ3) is 9.37. The summed E-state index contributed by atoms with van der Waals surface area (Å²) in [5, 5.41) is 20.1. The number of nitrogens with one attached hydrogen (secondary N) is 5. The molecule has 2 rings (SSSR count). The molecule has 5 atom stereocenters. The second kappa shape index (κ2) is 13.7. The van der Waals surface area contributed by atoms with Crippen LogP contribution in [0.1, 0.15) is 32.0 Å². The molecule has 5 amide bonds. The molecule has 0 aliphatic heterocycles. The van der Waals surface area contributed by atoms with Gasteiger partial charge in [0, 0.05) is 31.7 Å². The van der Waals surface area contributed by atoms with Crippen LogP contribution in [-0.2, 0) is 36.8 Å². The molecule has 0 unspecified atom stereocenters. The zero-order valence-electron chi connectivity index (χ0n) is 20.9. The normalized spacial score (nSPS) is 14.8. The lowest BCUT2D eigenvalue weighted by atomic mass is 10.0. The number of aliphatic hydroxyl groups is 1. The Kier molecular flexibility index (Phi) is 10.8. The molecule has 0 spiro atoms. The lowest BCUT2D eigenvalue weighted by Gasteiger charge is -2.26. The molecule has 37 heavy (non-hydrogen) atoms. The van der Waals surface area contributed by atoms with E-state index in [4.69, 9.17) is 5.73 Å². The number of aliphatic hydroxyl groups excluding tert-OH is 1. The fraction of sp³-hybridized carbons (Fsp3) is 0.417. The van der Waals surface area contributed by atoms with Crippen LogP contribution in [0, 0.1) is 0 Å².